The Balaban J connectivity index is 0.00000128. The van der Waals surface area contributed by atoms with Crippen LogP contribution in [0.5, 0.6) is 0 Å². The quantitative estimate of drug-likeness (QED) is 0.824. The molecule has 16 heavy (non-hydrogen) atoms. The van der Waals surface area contributed by atoms with E-state index in [9.17, 15) is 4.79 Å². The zero-order valence-electron chi connectivity index (χ0n) is 9.99. The second kappa shape index (κ2) is 5.61. The van der Waals surface area contributed by atoms with Gasteiger partial charge in [0.2, 0.25) is 5.91 Å². The van der Waals surface area contributed by atoms with Crippen molar-refractivity contribution in [2.75, 3.05) is 24.7 Å². The van der Waals surface area contributed by atoms with Crippen molar-refractivity contribution in [3.8, 4) is 0 Å². The van der Waals surface area contributed by atoms with Crippen LogP contribution in [0.15, 0.2) is 0 Å². The number of thioether (sulfide) groups is 1. The number of amides is 1. The fourth-order valence-corrected chi connectivity index (χ4v) is 3.21. The van der Waals surface area contributed by atoms with Crippen LogP contribution in [0.1, 0.15) is 26.7 Å². The van der Waals surface area contributed by atoms with Gasteiger partial charge in [-0.2, -0.15) is 0 Å². The van der Waals surface area contributed by atoms with Gasteiger partial charge >= 0.3 is 0 Å². The molecule has 94 valence electrons. The van der Waals surface area contributed by atoms with Gasteiger partial charge in [-0.3, -0.25) is 10.1 Å². The number of halogens is 1. The highest BCUT2D eigenvalue weighted by Crippen LogP contribution is 2.33. The molecule has 2 aliphatic rings. The van der Waals surface area contributed by atoms with Gasteiger partial charge in [0.25, 0.3) is 0 Å². The summed E-state index contributed by atoms with van der Waals surface area (Å²) in [6.45, 7) is 6.41. The first-order chi connectivity index (χ1) is 7.14. The molecular weight excluding hydrogens is 244 g/mol. The van der Waals surface area contributed by atoms with E-state index in [1.165, 1.54) is 6.42 Å². The monoisotopic (exact) mass is 264 g/mol. The van der Waals surface area contributed by atoms with Crippen LogP contribution in [0.3, 0.4) is 0 Å². The van der Waals surface area contributed by atoms with Crippen LogP contribution in [0, 0.1) is 5.41 Å². The molecule has 0 aromatic heterocycles. The predicted octanol–water partition coefficient (Wildman–Crippen LogP) is 1.72. The Bertz CT molecular complexity index is 258. The Morgan fingerprint density at radius 3 is 2.88 bits per heavy atom. The Kier molecular flexibility index (Phi) is 4.95. The third-order valence-electron chi connectivity index (χ3n) is 3.74. The average molecular weight is 265 g/mol. The molecule has 1 amide bonds. The van der Waals surface area contributed by atoms with E-state index < -0.39 is 0 Å². The molecular formula is C11H21ClN2OS. The van der Waals surface area contributed by atoms with Gasteiger partial charge in [-0.05, 0) is 18.3 Å². The number of hydrogen-bond acceptors (Lipinski definition) is 3. The summed E-state index contributed by atoms with van der Waals surface area (Å²) in [7, 11) is 0. The molecule has 0 spiro atoms. The van der Waals surface area contributed by atoms with Gasteiger partial charge in [0, 0.05) is 24.7 Å². The van der Waals surface area contributed by atoms with Gasteiger partial charge in [-0.25, -0.2) is 0 Å². The molecule has 1 N–H and O–H groups in total. The number of carbonyl (C=O) groups excluding carboxylic acids is 1. The number of nitrogens with one attached hydrogen (secondary N) is 1. The molecule has 1 unspecified atom stereocenters. The van der Waals surface area contributed by atoms with Gasteiger partial charge in [-0.15, -0.1) is 24.2 Å². The van der Waals surface area contributed by atoms with Crippen LogP contribution in [0.4, 0.5) is 0 Å². The van der Waals surface area contributed by atoms with Gasteiger partial charge in [0.1, 0.15) is 0 Å². The summed E-state index contributed by atoms with van der Waals surface area (Å²) in [6, 6.07) is 0.0780. The van der Waals surface area contributed by atoms with Crippen LogP contribution in [-0.4, -0.2) is 41.6 Å². The second-order valence-electron chi connectivity index (χ2n) is 4.95. The zero-order chi connectivity index (χ0) is 10.9. The maximum atomic E-state index is 12.1. The lowest BCUT2D eigenvalue weighted by Gasteiger charge is -2.24. The molecule has 0 bridgehead atoms. The highest BCUT2D eigenvalue weighted by Gasteiger charge is 2.37. The van der Waals surface area contributed by atoms with E-state index in [-0.39, 0.29) is 18.4 Å². The maximum Gasteiger partial charge on any atom is 0.240 e. The largest absolute Gasteiger partial charge is 0.341 e. The number of hydrogen-bond donors (Lipinski definition) is 1. The summed E-state index contributed by atoms with van der Waals surface area (Å²) in [5.74, 6) is 2.19. The molecule has 2 rings (SSSR count). The van der Waals surface area contributed by atoms with E-state index in [0.29, 0.717) is 11.3 Å². The highest BCUT2D eigenvalue weighted by atomic mass is 35.5. The van der Waals surface area contributed by atoms with Crippen molar-refractivity contribution >= 4 is 30.1 Å². The summed E-state index contributed by atoms with van der Waals surface area (Å²) in [4.78, 5) is 14.2. The number of likely N-dealkylation sites (tertiary alicyclic amines) is 1. The van der Waals surface area contributed by atoms with Gasteiger partial charge in [0.15, 0.2) is 0 Å². The highest BCUT2D eigenvalue weighted by molar-refractivity contribution is 7.99. The van der Waals surface area contributed by atoms with Crippen LogP contribution < -0.4 is 5.32 Å². The van der Waals surface area contributed by atoms with Crippen LogP contribution >= 0.6 is 24.2 Å². The molecule has 2 saturated heterocycles. The average Bonchev–Trinajstić information content (AvgIpc) is 2.86. The summed E-state index contributed by atoms with van der Waals surface area (Å²) in [5.41, 5.74) is 0.363. The van der Waals surface area contributed by atoms with Crippen LogP contribution in [-0.2, 0) is 4.79 Å². The Hall–Kier alpha value is 0.0700. The lowest BCUT2D eigenvalue weighted by molar-refractivity contribution is -0.132. The number of carbonyl (C=O) groups is 1. The van der Waals surface area contributed by atoms with Crippen molar-refractivity contribution in [3.63, 3.8) is 0 Å². The summed E-state index contributed by atoms with van der Waals surface area (Å²) in [5, 5.41) is 3.25. The van der Waals surface area contributed by atoms with Gasteiger partial charge in [-0.1, -0.05) is 13.8 Å². The Morgan fingerprint density at radius 1 is 1.62 bits per heavy atom. The van der Waals surface area contributed by atoms with Crippen molar-refractivity contribution in [1.29, 1.82) is 0 Å². The summed E-state index contributed by atoms with van der Waals surface area (Å²) in [6.07, 6.45) is 2.33. The molecule has 5 heteroatoms. The van der Waals surface area contributed by atoms with Crippen molar-refractivity contribution in [1.82, 2.24) is 10.2 Å². The van der Waals surface area contributed by atoms with Crippen LogP contribution in [0.2, 0.25) is 0 Å². The molecule has 0 aromatic carbocycles. The van der Waals surface area contributed by atoms with E-state index in [1.807, 2.05) is 16.7 Å². The number of nitrogens with zero attached hydrogens (tertiary/aromatic N) is 1. The van der Waals surface area contributed by atoms with E-state index in [2.05, 4.69) is 19.2 Å². The summed E-state index contributed by atoms with van der Waals surface area (Å²) >= 11 is 1.82. The normalized spacial score (nSPS) is 33.9. The van der Waals surface area contributed by atoms with Gasteiger partial charge < -0.3 is 4.90 Å². The smallest absolute Gasteiger partial charge is 0.240 e. The molecule has 2 fully saturated rings. The van der Waals surface area contributed by atoms with Gasteiger partial charge in [0.05, 0.1) is 6.04 Å². The minimum atomic E-state index is 0. The van der Waals surface area contributed by atoms with E-state index in [1.54, 1.807) is 0 Å². The lowest BCUT2D eigenvalue weighted by Crippen LogP contribution is -2.44. The lowest BCUT2D eigenvalue weighted by atomic mass is 9.87. The molecule has 0 aliphatic carbocycles. The molecule has 0 radical (unpaired) electrons. The molecule has 2 aliphatic heterocycles. The second-order valence-corrected chi connectivity index (χ2v) is 5.98. The third-order valence-corrected chi connectivity index (χ3v) is 4.68. The standard InChI is InChI=1S/C11H20N2OS.ClH/c1-3-11(2)4-5-13(7-11)10(14)9-6-15-8-12-9;/h9,12H,3-8H2,1-2H3;1H/t9-,11?;/m1./s1. The van der Waals surface area contributed by atoms with Crippen molar-refractivity contribution in [2.45, 2.75) is 32.7 Å². The summed E-state index contributed by atoms with van der Waals surface area (Å²) < 4.78 is 0. The minimum Gasteiger partial charge on any atom is -0.341 e. The first-order valence-electron chi connectivity index (χ1n) is 5.74. The number of rotatable bonds is 2. The fraction of sp³-hybridized carbons (Fsp3) is 0.909. The Morgan fingerprint density at radius 2 is 2.38 bits per heavy atom. The van der Waals surface area contributed by atoms with Crippen molar-refractivity contribution < 1.29 is 4.79 Å². The molecule has 2 heterocycles. The zero-order valence-corrected chi connectivity index (χ0v) is 11.6. The SMILES string of the molecule is CCC1(C)CCN(C(=O)[C@H]2CSCN2)C1.Cl. The van der Waals surface area contributed by atoms with Crippen molar-refractivity contribution in [3.05, 3.63) is 0 Å². The first kappa shape index (κ1) is 14.1. The van der Waals surface area contributed by atoms with E-state index in [0.717, 1.165) is 31.1 Å². The molecule has 2 atom stereocenters. The van der Waals surface area contributed by atoms with Crippen molar-refractivity contribution in [2.24, 2.45) is 5.41 Å². The Labute approximate surface area is 108 Å². The fourth-order valence-electron chi connectivity index (χ4n) is 2.27. The third kappa shape index (κ3) is 2.84. The van der Waals surface area contributed by atoms with E-state index in [4.69, 9.17) is 0 Å². The molecule has 3 nitrogen and oxygen atoms in total. The molecule has 0 aromatic rings. The first-order valence-corrected chi connectivity index (χ1v) is 6.90. The van der Waals surface area contributed by atoms with Crippen LogP contribution in [0.25, 0.3) is 0 Å². The topological polar surface area (TPSA) is 32.3 Å². The molecule has 0 saturated carbocycles. The maximum absolute atomic E-state index is 12.1. The minimum absolute atomic E-state index is 0. The predicted molar refractivity (Wildman–Crippen MR) is 71.1 cm³/mol. The van der Waals surface area contributed by atoms with E-state index >= 15 is 0 Å².